The number of aromatic nitrogens is 1. The standard InChI is InChI=1S/C19H30N2O2/c1-3-22-13-7-17-8-14-23-19(17)9-11-21(12-10-19)15-18-6-4-5-16(2)20-18/h4-6,17H,3,7-15H2,1-2H3/t17-/m0/s1. The summed E-state index contributed by atoms with van der Waals surface area (Å²) in [5.74, 6) is 0.674. The molecule has 0 unspecified atom stereocenters. The summed E-state index contributed by atoms with van der Waals surface area (Å²) in [4.78, 5) is 7.15. The molecule has 0 aliphatic carbocycles. The fourth-order valence-electron chi connectivity index (χ4n) is 4.12. The molecule has 2 fully saturated rings. The molecule has 4 nitrogen and oxygen atoms in total. The van der Waals surface area contributed by atoms with Crippen LogP contribution in [-0.2, 0) is 16.0 Å². The van der Waals surface area contributed by atoms with Gasteiger partial charge in [0, 0.05) is 45.1 Å². The molecule has 1 aromatic rings. The minimum atomic E-state index is 0.119. The van der Waals surface area contributed by atoms with Gasteiger partial charge in [0.15, 0.2) is 0 Å². The van der Waals surface area contributed by atoms with Crippen molar-refractivity contribution in [2.75, 3.05) is 32.9 Å². The van der Waals surface area contributed by atoms with Gasteiger partial charge in [-0.3, -0.25) is 9.88 Å². The molecular formula is C19H30N2O2. The summed E-state index contributed by atoms with van der Waals surface area (Å²) >= 11 is 0. The zero-order valence-electron chi connectivity index (χ0n) is 14.6. The summed E-state index contributed by atoms with van der Waals surface area (Å²) in [7, 11) is 0. The largest absolute Gasteiger partial charge is 0.382 e. The first-order valence-electron chi connectivity index (χ1n) is 9.08. The van der Waals surface area contributed by atoms with Crippen LogP contribution in [0.3, 0.4) is 0 Å². The Bertz CT molecular complexity index is 498. The monoisotopic (exact) mass is 318 g/mol. The molecule has 3 rings (SSSR count). The zero-order chi connectivity index (χ0) is 16.1. The number of hydrogen-bond donors (Lipinski definition) is 0. The summed E-state index contributed by atoms with van der Waals surface area (Å²) in [6, 6.07) is 6.30. The summed E-state index contributed by atoms with van der Waals surface area (Å²) in [6.45, 7) is 9.93. The summed E-state index contributed by atoms with van der Waals surface area (Å²) in [5, 5.41) is 0. The maximum absolute atomic E-state index is 6.24. The van der Waals surface area contributed by atoms with Crippen LogP contribution in [0.1, 0.15) is 44.0 Å². The van der Waals surface area contributed by atoms with Crippen LogP contribution in [-0.4, -0.2) is 48.4 Å². The molecule has 3 heterocycles. The van der Waals surface area contributed by atoms with E-state index in [1.54, 1.807) is 0 Å². The van der Waals surface area contributed by atoms with Gasteiger partial charge < -0.3 is 9.47 Å². The first kappa shape index (κ1) is 16.9. The Morgan fingerprint density at radius 3 is 2.91 bits per heavy atom. The smallest absolute Gasteiger partial charge is 0.0736 e. The zero-order valence-corrected chi connectivity index (χ0v) is 14.6. The lowest BCUT2D eigenvalue weighted by Crippen LogP contribution is -2.47. The first-order chi connectivity index (χ1) is 11.2. The van der Waals surface area contributed by atoms with Crippen molar-refractivity contribution in [1.29, 1.82) is 0 Å². The number of ether oxygens (including phenoxy) is 2. The Labute approximate surface area is 140 Å². The molecule has 1 aromatic heterocycles. The van der Waals surface area contributed by atoms with E-state index in [9.17, 15) is 0 Å². The van der Waals surface area contributed by atoms with Gasteiger partial charge >= 0.3 is 0 Å². The second-order valence-corrected chi connectivity index (χ2v) is 6.93. The molecule has 1 spiro atoms. The Morgan fingerprint density at radius 1 is 1.35 bits per heavy atom. The van der Waals surface area contributed by atoms with Crippen molar-refractivity contribution in [3.05, 3.63) is 29.6 Å². The molecule has 0 aromatic carbocycles. The SMILES string of the molecule is CCOCC[C@H]1CCOC12CCN(Cc1cccc(C)n1)CC2. The second kappa shape index (κ2) is 7.73. The highest BCUT2D eigenvalue weighted by atomic mass is 16.5. The minimum Gasteiger partial charge on any atom is -0.382 e. The average Bonchev–Trinajstić information content (AvgIpc) is 2.93. The van der Waals surface area contributed by atoms with Gasteiger partial charge in [0.1, 0.15) is 0 Å². The van der Waals surface area contributed by atoms with Crippen molar-refractivity contribution in [2.45, 2.75) is 51.7 Å². The lowest BCUT2D eigenvalue weighted by atomic mass is 9.78. The maximum atomic E-state index is 6.24. The first-order valence-corrected chi connectivity index (χ1v) is 9.08. The fraction of sp³-hybridized carbons (Fsp3) is 0.737. The van der Waals surface area contributed by atoms with Crippen LogP contribution in [0, 0.1) is 12.8 Å². The van der Waals surface area contributed by atoms with Crippen molar-refractivity contribution in [2.24, 2.45) is 5.92 Å². The van der Waals surface area contributed by atoms with Crippen molar-refractivity contribution >= 4 is 0 Å². The average molecular weight is 318 g/mol. The van der Waals surface area contributed by atoms with E-state index in [0.29, 0.717) is 5.92 Å². The lowest BCUT2D eigenvalue weighted by Gasteiger charge is -2.42. The van der Waals surface area contributed by atoms with E-state index in [0.717, 1.165) is 64.4 Å². The molecule has 0 radical (unpaired) electrons. The van der Waals surface area contributed by atoms with Crippen LogP contribution < -0.4 is 0 Å². The minimum absolute atomic E-state index is 0.119. The Hall–Kier alpha value is -0.970. The quantitative estimate of drug-likeness (QED) is 0.755. The molecular weight excluding hydrogens is 288 g/mol. The van der Waals surface area contributed by atoms with Crippen LogP contribution in [0.25, 0.3) is 0 Å². The molecule has 128 valence electrons. The third-order valence-corrected chi connectivity index (χ3v) is 5.45. The topological polar surface area (TPSA) is 34.6 Å². The van der Waals surface area contributed by atoms with Crippen LogP contribution in [0.2, 0.25) is 0 Å². The number of hydrogen-bond acceptors (Lipinski definition) is 4. The summed E-state index contributed by atoms with van der Waals surface area (Å²) in [5.41, 5.74) is 2.40. The van der Waals surface area contributed by atoms with E-state index in [1.165, 1.54) is 12.1 Å². The number of nitrogens with zero attached hydrogens (tertiary/aromatic N) is 2. The number of aryl methyl sites for hydroxylation is 1. The van der Waals surface area contributed by atoms with Gasteiger partial charge in [0.2, 0.25) is 0 Å². The highest BCUT2D eigenvalue weighted by Crippen LogP contribution is 2.42. The fourth-order valence-corrected chi connectivity index (χ4v) is 4.12. The molecule has 0 bridgehead atoms. The van der Waals surface area contributed by atoms with E-state index in [2.05, 4.69) is 41.9 Å². The van der Waals surface area contributed by atoms with Gasteiger partial charge in [-0.05, 0) is 57.6 Å². The number of rotatable bonds is 6. The maximum Gasteiger partial charge on any atom is 0.0736 e. The Morgan fingerprint density at radius 2 is 2.17 bits per heavy atom. The normalized spacial score (nSPS) is 24.3. The molecule has 0 N–H and O–H groups in total. The molecule has 0 amide bonds. The highest BCUT2D eigenvalue weighted by molar-refractivity contribution is 5.10. The molecule has 2 aliphatic rings. The Kier molecular flexibility index (Phi) is 5.67. The lowest BCUT2D eigenvalue weighted by molar-refractivity contribution is -0.0729. The van der Waals surface area contributed by atoms with Crippen molar-refractivity contribution in [3.8, 4) is 0 Å². The summed E-state index contributed by atoms with van der Waals surface area (Å²) in [6.07, 6.45) is 4.64. The van der Waals surface area contributed by atoms with Crippen LogP contribution >= 0.6 is 0 Å². The van der Waals surface area contributed by atoms with Gasteiger partial charge in [-0.25, -0.2) is 0 Å². The van der Waals surface area contributed by atoms with Crippen LogP contribution in [0.5, 0.6) is 0 Å². The van der Waals surface area contributed by atoms with E-state index >= 15 is 0 Å². The molecule has 0 saturated carbocycles. The van der Waals surface area contributed by atoms with Crippen LogP contribution in [0.15, 0.2) is 18.2 Å². The molecule has 2 saturated heterocycles. The number of pyridine rings is 1. The van der Waals surface area contributed by atoms with E-state index in [-0.39, 0.29) is 5.60 Å². The molecule has 1 atom stereocenters. The van der Waals surface area contributed by atoms with Gasteiger partial charge in [0.25, 0.3) is 0 Å². The van der Waals surface area contributed by atoms with Crippen molar-refractivity contribution in [3.63, 3.8) is 0 Å². The third kappa shape index (κ3) is 4.11. The van der Waals surface area contributed by atoms with E-state index in [1.807, 2.05) is 0 Å². The van der Waals surface area contributed by atoms with E-state index < -0.39 is 0 Å². The van der Waals surface area contributed by atoms with Gasteiger partial charge in [0.05, 0.1) is 11.3 Å². The van der Waals surface area contributed by atoms with Gasteiger partial charge in [-0.1, -0.05) is 6.07 Å². The van der Waals surface area contributed by atoms with Gasteiger partial charge in [-0.2, -0.15) is 0 Å². The highest BCUT2D eigenvalue weighted by Gasteiger charge is 2.45. The summed E-state index contributed by atoms with van der Waals surface area (Å²) < 4.78 is 11.8. The number of piperidine rings is 1. The Balaban J connectivity index is 1.52. The third-order valence-electron chi connectivity index (χ3n) is 5.45. The van der Waals surface area contributed by atoms with Crippen LogP contribution in [0.4, 0.5) is 0 Å². The van der Waals surface area contributed by atoms with Crippen molar-refractivity contribution < 1.29 is 9.47 Å². The van der Waals surface area contributed by atoms with E-state index in [4.69, 9.17) is 9.47 Å². The predicted octanol–water partition coefficient (Wildman–Crippen LogP) is 3.19. The van der Waals surface area contributed by atoms with Gasteiger partial charge in [-0.15, -0.1) is 0 Å². The molecule has 23 heavy (non-hydrogen) atoms. The number of likely N-dealkylation sites (tertiary alicyclic amines) is 1. The molecule has 4 heteroatoms. The van der Waals surface area contributed by atoms with Crippen molar-refractivity contribution in [1.82, 2.24) is 9.88 Å². The second-order valence-electron chi connectivity index (χ2n) is 6.93. The predicted molar refractivity (Wildman–Crippen MR) is 91.4 cm³/mol. The molecule has 2 aliphatic heterocycles.